The maximum Gasteiger partial charge on any atom is 0.308 e. The van der Waals surface area contributed by atoms with Gasteiger partial charge in [-0.25, -0.2) is 0 Å². The predicted octanol–water partition coefficient (Wildman–Crippen LogP) is 1.72. The van der Waals surface area contributed by atoms with E-state index in [-0.39, 0.29) is 11.9 Å². The number of hydrogen-bond acceptors (Lipinski definition) is 3. The zero-order valence-electron chi connectivity index (χ0n) is 9.55. The Bertz CT molecular complexity index is 224. The van der Waals surface area contributed by atoms with Crippen molar-refractivity contribution < 1.29 is 9.53 Å². The van der Waals surface area contributed by atoms with Gasteiger partial charge in [0.05, 0.1) is 12.5 Å². The van der Waals surface area contributed by atoms with Crippen LogP contribution >= 0.6 is 0 Å². The van der Waals surface area contributed by atoms with Crippen LogP contribution in [-0.4, -0.2) is 25.7 Å². The molecule has 2 aliphatic rings. The molecule has 0 amide bonds. The third kappa shape index (κ3) is 2.33. The molecular formula is C12H21NO2. The van der Waals surface area contributed by atoms with Crippen molar-refractivity contribution >= 4 is 5.97 Å². The number of carbonyl (C=O) groups is 1. The smallest absolute Gasteiger partial charge is 0.308 e. The highest BCUT2D eigenvalue weighted by atomic mass is 16.5. The van der Waals surface area contributed by atoms with E-state index in [0.717, 1.165) is 25.9 Å². The fourth-order valence-corrected chi connectivity index (χ4v) is 2.95. The SMILES string of the molecule is CCOC(=O)C1CCC2(CCNC2)CC1. The molecule has 1 aliphatic heterocycles. The second-order valence-electron chi connectivity index (χ2n) is 4.95. The molecular weight excluding hydrogens is 190 g/mol. The molecule has 3 heteroatoms. The van der Waals surface area contributed by atoms with Gasteiger partial charge in [0, 0.05) is 6.54 Å². The molecule has 1 N–H and O–H groups in total. The highest BCUT2D eigenvalue weighted by Crippen LogP contribution is 2.43. The lowest BCUT2D eigenvalue weighted by Crippen LogP contribution is -2.32. The van der Waals surface area contributed by atoms with Gasteiger partial charge in [0.1, 0.15) is 0 Å². The van der Waals surface area contributed by atoms with Crippen LogP contribution in [0.3, 0.4) is 0 Å². The first-order valence-corrected chi connectivity index (χ1v) is 6.13. The van der Waals surface area contributed by atoms with Crippen molar-refractivity contribution in [2.75, 3.05) is 19.7 Å². The van der Waals surface area contributed by atoms with Crippen LogP contribution in [0.1, 0.15) is 39.0 Å². The molecule has 2 fully saturated rings. The number of ether oxygens (including phenoxy) is 1. The van der Waals surface area contributed by atoms with Crippen molar-refractivity contribution in [1.82, 2.24) is 5.32 Å². The molecule has 1 aliphatic carbocycles. The highest BCUT2D eigenvalue weighted by Gasteiger charge is 2.39. The van der Waals surface area contributed by atoms with Crippen LogP contribution in [0.4, 0.5) is 0 Å². The summed E-state index contributed by atoms with van der Waals surface area (Å²) in [7, 11) is 0. The highest BCUT2D eigenvalue weighted by molar-refractivity contribution is 5.72. The molecule has 1 spiro atoms. The van der Waals surface area contributed by atoms with Crippen LogP contribution in [0.5, 0.6) is 0 Å². The summed E-state index contributed by atoms with van der Waals surface area (Å²) in [6.07, 6.45) is 5.75. The molecule has 0 aromatic carbocycles. The monoisotopic (exact) mass is 211 g/mol. The Kier molecular flexibility index (Phi) is 3.29. The van der Waals surface area contributed by atoms with E-state index in [9.17, 15) is 4.79 Å². The van der Waals surface area contributed by atoms with Gasteiger partial charge in [0.25, 0.3) is 0 Å². The number of nitrogens with one attached hydrogen (secondary N) is 1. The molecule has 86 valence electrons. The molecule has 0 aromatic rings. The number of carbonyl (C=O) groups excluding carboxylic acids is 1. The Balaban J connectivity index is 1.83. The maximum atomic E-state index is 11.6. The zero-order chi connectivity index (χ0) is 10.7. The van der Waals surface area contributed by atoms with Gasteiger partial charge in [-0.1, -0.05) is 0 Å². The van der Waals surface area contributed by atoms with Crippen molar-refractivity contribution in [2.24, 2.45) is 11.3 Å². The minimum Gasteiger partial charge on any atom is -0.466 e. The van der Waals surface area contributed by atoms with Crippen LogP contribution in [-0.2, 0) is 9.53 Å². The van der Waals surface area contributed by atoms with Gasteiger partial charge in [-0.05, 0) is 51.0 Å². The van der Waals surface area contributed by atoms with Gasteiger partial charge in [-0.15, -0.1) is 0 Å². The summed E-state index contributed by atoms with van der Waals surface area (Å²) in [4.78, 5) is 11.6. The normalized spacial score (nSPS) is 35.7. The number of rotatable bonds is 2. The lowest BCUT2D eigenvalue weighted by molar-refractivity contribution is -0.149. The van der Waals surface area contributed by atoms with E-state index in [4.69, 9.17) is 4.74 Å². The molecule has 0 unspecified atom stereocenters. The summed E-state index contributed by atoms with van der Waals surface area (Å²) in [5.74, 6) is 0.203. The van der Waals surface area contributed by atoms with E-state index in [0.29, 0.717) is 12.0 Å². The quantitative estimate of drug-likeness (QED) is 0.707. The molecule has 0 atom stereocenters. The van der Waals surface area contributed by atoms with Gasteiger partial charge in [-0.3, -0.25) is 4.79 Å². The first kappa shape index (κ1) is 10.9. The number of esters is 1. The third-order valence-corrected chi connectivity index (χ3v) is 4.00. The van der Waals surface area contributed by atoms with Crippen molar-refractivity contribution in [1.29, 1.82) is 0 Å². The predicted molar refractivity (Wildman–Crippen MR) is 58.5 cm³/mol. The van der Waals surface area contributed by atoms with E-state index >= 15 is 0 Å². The summed E-state index contributed by atoms with van der Waals surface area (Å²) >= 11 is 0. The lowest BCUT2D eigenvalue weighted by Gasteiger charge is -2.35. The minimum atomic E-state index is 0.0262. The van der Waals surface area contributed by atoms with Crippen LogP contribution in [0.25, 0.3) is 0 Å². The molecule has 0 aromatic heterocycles. The second kappa shape index (κ2) is 4.52. The van der Waals surface area contributed by atoms with Gasteiger partial charge in [0.15, 0.2) is 0 Å². The molecule has 1 saturated carbocycles. The summed E-state index contributed by atoms with van der Waals surface area (Å²) < 4.78 is 5.08. The molecule has 1 saturated heterocycles. The van der Waals surface area contributed by atoms with E-state index in [1.54, 1.807) is 0 Å². The molecule has 0 bridgehead atoms. The average Bonchev–Trinajstić information content (AvgIpc) is 2.68. The van der Waals surface area contributed by atoms with Crippen LogP contribution in [0, 0.1) is 11.3 Å². The molecule has 1 heterocycles. The standard InChI is InChI=1S/C12H21NO2/c1-2-15-11(14)10-3-5-12(6-4-10)7-8-13-9-12/h10,13H,2-9H2,1H3. The van der Waals surface area contributed by atoms with Crippen LogP contribution < -0.4 is 5.32 Å². The van der Waals surface area contributed by atoms with Crippen LogP contribution in [0.2, 0.25) is 0 Å². The van der Waals surface area contributed by atoms with Gasteiger partial charge < -0.3 is 10.1 Å². The second-order valence-corrected chi connectivity index (χ2v) is 4.95. The van der Waals surface area contributed by atoms with Gasteiger partial charge >= 0.3 is 5.97 Å². The maximum absolute atomic E-state index is 11.6. The third-order valence-electron chi connectivity index (χ3n) is 4.00. The Morgan fingerprint density at radius 2 is 2.13 bits per heavy atom. The van der Waals surface area contributed by atoms with E-state index < -0.39 is 0 Å². The fourth-order valence-electron chi connectivity index (χ4n) is 2.95. The van der Waals surface area contributed by atoms with Gasteiger partial charge in [0.2, 0.25) is 0 Å². The molecule has 2 rings (SSSR count). The molecule has 0 radical (unpaired) electrons. The Morgan fingerprint density at radius 3 is 2.67 bits per heavy atom. The number of hydrogen-bond donors (Lipinski definition) is 1. The Morgan fingerprint density at radius 1 is 1.40 bits per heavy atom. The largest absolute Gasteiger partial charge is 0.466 e. The van der Waals surface area contributed by atoms with E-state index in [2.05, 4.69) is 5.32 Å². The Hall–Kier alpha value is -0.570. The van der Waals surface area contributed by atoms with E-state index in [1.165, 1.54) is 19.3 Å². The molecule has 15 heavy (non-hydrogen) atoms. The minimum absolute atomic E-state index is 0.0262. The van der Waals surface area contributed by atoms with Crippen molar-refractivity contribution in [3.63, 3.8) is 0 Å². The topological polar surface area (TPSA) is 38.3 Å². The summed E-state index contributed by atoms with van der Waals surface area (Å²) in [5, 5.41) is 3.44. The van der Waals surface area contributed by atoms with Gasteiger partial charge in [-0.2, -0.15) is 0 Å². The Labute approximate surface area is 91.6 Å². The van der Waals surface area contributed by atoms with Crippen LogP contribution in [0.15, 0.2) is 0 Å². The first-order chi connectivity index (χ1) is 7.26. The summed E-state index contributed by atoms with van der Waals surface area (Å²) in [6, 6.07) is 0. The average molecular weight is 211 g/mol. The summed E-state index contributed by atoms with van der Waals surface area (Å²) in [5.41, 5.74) is 0.517. The van der Waals surface area contributed by atoms with Crippen molar-refractivity contribution in [2.45, 2.75) is 39.0 Å². The first-order valence-electron chi connectivity index (χ1n) is 6.13. The zero-order valence-corrected chi connectivity index (χ0v) is 9.55. The van der Waals surface area contributed by atoms with Crippen molar-refractivity contribution in [3.8, 4) is 0 Å². The van der Waals surface area contributed by atoms with Crippen molar-refractivity contribution in [3.05, 3.63) is 0 Å². The van der Waals surface area contributed by atoms with E-state index in [1.807, 2.05) is 6.92 Å². The molecule has 3 nitrogen and oxygen atoms in total. The summed E-state index contributed by atoms with van der Waals surface area (Å²) in [6.45, 7) is 4.71. The lowest BCUT2D eigenvalue weighted by atomic mass is 9.70. The fraction of sp³-hybridized carbons (Fsp3) is 0.917.